The van der Waals surface area contributed by atoms with Gasteiger partial charge in [-0.3, -0.25) is 9.89 Å². The van der Waals surface area contributed by atoms with Crippen molar-refractivity contribution in [1.29, 1.82) is 0 Å². The van der Waals surface area contributed by atoms with E-state index in [1.165, 1.54) is 0 Å². The number of unbranched alkanes of at least 4 members (excludes halogenated alkanes) is 1. The maximum Gasteiger partial charge on any atom is 0.245 e. The molecule has 1 rings (SSSR count). The van der Waals surface area contributed by atoms with Gasteiger partial charge in [-0.05, 0) is 19.3 Å². The summed E-state index contributed by atoms with van der Waals surface area (Å²) in [7, 11) is 1.59. The van der Waals surface area contributed by atoms with E-state index in [1.807, 2.05) is 0 Å². The average molecular weight is 255 g/mol. The maximum atomic E-state index is 10.9. The third kappa shape index (κ3) is 6.31. The summed E-state index contributed by atoms with van der Waals surface area (Å²) >= 11 is 0. The van der Waals surface area contributed by atoms with E-state index in [0.29, 0.717) is 13.0 Å². The Hall–Kier alpha value is -1.47. The monoisotopic (exact) mass is 255 g/mol. The highest BCUT2D eigenvalue weighted by molar-refractivity contribution is 5.76. The van der Waals surface area contributed by atoms with Crippen molar-refractivity contribution in [3.63, 3.8) is 0 Å². The topological polar surface area (TPSA) is 106 Å². The van der Waals surface area contributed by atoms with E-state index in [1.54, 1.807) is 13.4 Å². The SMILES string of the molecule is CNC(=O)COCCCCC(N)Cc1nc[nH]n1. The van der Waals surface area contributed by atoms with Gasteiger partial charge in [0.15, 0.2) is 5.82 Å². The number of aromatic amines is 1. The van der Waals surface area contributed by atoms with Crippen LogP contribution in [0.5, 0.6) is 0 Å². The van der Waals surface area contributed by atoms with Crippen LogP contribution in [-0.2, 0) is 16.0 Å². The second kappa shape index (κ2) is 8.60. The predicted octanol–water partition coefficient (Wildman–Crippen LogP) is -0.393. The van der Waals surface area contributed by atoms with Crippen LogP contribution in [0.4, 0.5) is 0 Å². The maximum absolute atomic E-state index is 10.9. The highest BCUT2D eigenvalue weighted by atomic mass is 16.5. The van der Waals surface area contributed by atoms with E-state index in [2.05, 4.69) is 20.5 Å². The van der Waals surface area contributed by atoms with E-state index in [-0.39, 0.29) is 18.6 Å². The highest BCUT2D eigenvalue weighted by Gasteiger charge is 2.06. The van der Waals surface area contributed by atoms with Crippen molar-refractivity contribution in [3.8, 4) is 0 Å². The molecule has 1 unspecified atom stereocenters. The summed E-state index contributed by atoms with van der Waals surface area (Å²) in [6, 6.07) is 0.0692. The number of ether oxygens (including phenoxy) is 1. The molecule has 7 heteroatoms. The number of H-pyrrole nitrogens is 1. The summed E-state index contributed by atoms with van der Waals surface area (Å²) in [5.41, 5.74) is 5.95. The zero-order valence-electron chi connectivity index (χ0n) is 10.7. The van der Waals surface area contributed by atoms with Crippen molar-refractivity contribution >= 4 is 5.91 Å². The minimum Gasteiger partial charge on any atom is -0.372 e. The Balaban J connectivity index is 1.96. The van der Waals surface area contributed by atoms with E-state index >= 15 is 0 Å². The fourth-order valence-electron chi connectivity index (χ4n) is 1.52. The molecule has 0 saturated carbocycles. The molecule has 1 aromatic heterocycles. The number of amides is 1. The van der Waals surface area contributed by atoms with Gasteiger partial charge < -0.3 is 15.8 Å². The van der Waals surface area contributed by atoms with Crippen LogP contribution in [0.25, 0.3) is 0 Å². The van der Waals surface area contributed by atoms with Gasteiger partial charge in [0.25, 0.3) is 0 Å². The molecular formula is C11H21N5O2. The Morgan fingerprint density at radius 2 is 2.44 bits per heavy atom. The number of hydrogen-bond donors (Lipinski definition) is 3. The van der Waals surface area contributed by atoms with Crippen LogP contribution in [0.15, 0.2) is 6.33 Å². The van der Waals surface area contributed by atoms with Crippen LogP contribution >= 0.6 is 0 Å². The lowest BCUT2D eigenvalue weighted by Crippen LogP contribution is -2.24. The van der Waals surface area contributed by atoms with Gasteiger partial charge in [0.2, 0.25) is 5.91 Å². The van der Waals surface area contributed by atoms with Crippen LogP contribution in [0.1, 0.15) is 25.1 Å². The lowest BCUT2D eigenvalue weighted by Gasteiger charge is -2.09. The van der Waals surface area contributed by atoms with Gasteiger partial charge >= 0.3 is 0 Å². The first-order chi connectivity index (χ1) is 8.72. The predicted molar refractivity (Wildman–Crippen MR) is 66.8 cm³/mol. The molecule has 0 aliphatic rings. The molecule has 1 atom stereocenters. The molecule has 0 aliphatic carbocycles. The average Bonchev–Trinajstić information content (AvgIpc) is 2.85. The van der Waals surface area contributed by atoms with Gasteiger partial charge in [-0.2, -0.15) is 5.10 Å². The molecule has 0 saturated heterocycles. The molecule has 0 bridgehead atoms. The molecule has 0 fully saturated rings. The molecule has 0 aromatic carbocycles. The lowest BCUT2D eigenvalue weighted by molar-refractivity contribution is -0.125. The van der Waals surface area contributed by atoms with Crippen LogP contribution in [0, 0.1) is 0 Å². The van der Waals surface area contributed by atoms with E-state index in [0.717, 1.165) is 25.1 Å². The highest BCUT2D eigenvalue weighted by Crippen LogP contribution is 2.03. The quantitative estimate of drug-likeness (QED) is 0.521. The van der Waals surface area contributed by atoms with Crippen molar-refractivity contribution in [1.82, 2.24) is 20.5 Å². The number of nitrogens with two attached hydrogens (primary N) is 1. The molecule has 1 heterocycles. The molecular weight excluding hydrogens is 234 g/mol. The standard InChI is InChI=1S/C11H21N5O2/c1-13-11(17)7-18-5-3-2-4-9(12)6-10-14-8-15-16-10/h8-9H,2-7,12H2,1H3,(H,13,17)(H,14,15,16). The van der Waals surface area contributed by atoms with Gasteiger partial charge in [-0.25, -0.2) is 4.98 Å². The number of likely N-dealkylation sites (N-methyl/N-ethyl adjacent to an activating group) is 1. The fraction of sp³-hybridized carbons (Fsp3) is 0.727. The van der Waals surface area contributed by atoms with Crippen LogP contribution in [0.3, 0.4) is 0 Å². The summed E-state index contributed by atoms with van der Waals surface area (Å²) in [6.45, 7) is 0.709. The first-order valence-electron chi connectivity index (χ1n) is 6.11. The second-order valence-corrected chi connectivity index (χ2v) is 4.10. The fourth-order valence-corrected chi connectivity index (χ4v) is 1.52. The smallest absolute Gasteiger partial charge is 0.245 e. The zero-order chi connectivity index (χ0) is 13.2. The summed E-state index contributed by atoms with van der Waals surface area (Å²) in [6.07, 6.45) is 5.01. The number of nitrogens with zero attached hydrogens (tertiary/aromatic N) is 2. The minimum absolute atomic E-state index is 0.0692. The number of carbonyl (C=O) groups is 1. The Kier molecular flexibility index (Phi) is 6.97. The zero-order valence-corrected chi connectivity index (χ0v) is 10.7. The van der Waals surface area contributed by atoms with Gasteiger partial charge in [-0.1, -0.05) is 0 Å². The number of nitrogens with one attached hydrogen (secondary N) is 2. The summed E-state index contributed by atoms with van der Waals surface area (Å²) in [5, 5.41) is 9.12. The van der Waals surface area contributed by atoms with Crippen LogP contribution in [0.2, 0.25) is 0 Å². The molecule has 18 heavy (non-hydrogen) atoms. The Bertz CT molecular complexity index is 328. The van der Waals surface area contributed by atoms with Gasteiger partial charge in [0.1, 0.15) is 12.9 Å². The summed E-state index contributed by atoms with van der Waals surface area (Å²) in [4.78, 5) is 14.9. The number of aromatic nitrogens is 3. The molecule has 1 amide bonds. The molecule has 0 spiro atoms. The Morgan fingerprint density at radius 1 is 1.61 bits per heavy atom. The van der Waals surface area contributed by atoms with Gasteiger partial charge in [0, 0.05) is 26.1 Å². The van der Waals surface area contributed by atoms with Gasteiger partial charge in [0.05, 0.1) is 0 Å². The first kappa shape index (κ1) is 14.6. The molecule has 0 radical (unpaired) electrons. The number of carbonyl (C=O) groups excluding carboxylic acids is 1. The normalized spacial score (nSPS) is 12.3. The lowest BCUT2D eigenvalue weighted by atomic mass is 10.1. The minimum atomic E-state index is -0.101. The number of rotatable bonds is 9. The third-order valence-electron chi connectivity index (χ3n) is 2.54. The number of hydrogen-bond acceptors (Lipinski definition) is 5. The van der Waals surface area contributed by atoms with Crippen molar-refractivity contribution in [2.75, 3.05) is 20.3 Å². The molecule has 7 nitrogen and oxygen atoms in total. The first-order valence-corrected chi connectivity index (χ1v) is 6.11. The van der Waals surface area contributed by atoms with Crippen molar-refractivity contribution in [3.05, 3.63) is 12.2 Å². The summed E-state index contributed by atoms with van der Waals surface area (Å²) < 4.78 is 5.19. The van der Waals surface area contributed by atoms with Crippen molar-refractivity contribution in [2.24, 2.45) is 5.73 Å². The second-order valence-electron chi connectivity index (χ2n) is 4.10. The Morgan fingerprint density at radius 3 is 3.11 bits per heavy atom. The van der Waals surface area contributed by atoms with Crippen LogP contribution in [-0.4, -0.2) is 47.4 Å². The van der Waals surface area contributed by atoms with Crippen molar-refractivity contribution in [2.45, 2.75) is 31.7 Å². The molecule has 0 aliphatic heterocycles. The largest absolute Gasteiger partial charge is 0.372 e. The van der Waals surface area contributed by atoms with Crippen LogP contribution < -0.4 is 11.1 Å². The van der Waals surface area contributed by atoms with Crippen molar-refractivity contribution < 1.29 is 9.53 Å². The van der Waals surface area contributed by atoms with Gasteiger partial charge in [-0.15, -0.1) is 0 Å². The molecule has 1 aromatic rings. The molecule has 102 valence electrons. The third-order valence-corrected chi connectivity index (χ3v) is 2.54. The van der Waals surface area contributed by atoms with E-state index in [9.17, 15) is 4.79 Å². The molecule has 4 N–H and O–H groups in total. The van der Waals surface area contributed by atoms with E-state index < -0.39 is 0 Å². The Labute approximate surface area is 106 Å². The van der Waals surface area contributed by atoms with E-state index in [4.69, 9.17) is 10.5 Å². The summed E-state index contributed by atoms with van der Waals surface area (Å²) in [5.74, 6) is 0.648.